The second-order valence-electron chi connectivity index (χ2n) is 6.06. The first-order valence-corrected chi connectivity index (χ1v) is 10.0. The van der Waals surface area contributed by atoms with E-state index in [2.05, 4.69) is 22.0 Å². The van der Waals surface area contributed by atoms with Crippen LogP contribution in [0.2, 0.25) is 0 Å². The molecule has 0 fully saturated rings. The number of benzene rings is 1. The van der Waals surface area contributed by atoms with Crippen LogP contribution in [0.15, 0.2) is 23.2 Å². The van der Waals surface area contributed by atoms with Crippen molar-refractivity contribution in [1.29, 1.82) is 0 Å². The van der Waals surface area contributed by atoms with Gasteiger partial charge in [-0.15, -0.1) is 0 Å². The van der Waals surface area contributed by atoms with Gasteiger partial charge in [-0.1, -0.05) is 25.8 Å². The maximum absolute atomic E-state index is 11.5. The number of aliphatic imine (C=N–C) groups is 1. The predicted molar refractivity (Wildman–Crippen MR) is 95.9 cm³/mol. The number of rotatable bonds is 8. The Balaban J connectivity index is 2.04. The van der Waals surface area contributed by atoms with Gasteiger partial charge in [-0.3, -0.25) is 5.32 Å². The zero-order valence-electron chi connectivity index (χ0n) is 14.4. The van der Waals surface area contributed by atoms with Crippen molar-refractivity contribution < 1.29 is 13.2 Å². The lowest BCUT2D eigenvalue weighted by molar-refractivity contribution is 0.281. The van der Waals surface area contributed by atoms with Gasteiger partial charge in [0.15, 0.2) is 6.10 Å². The molecule has 8 heteroatoms. The predicted octanol–water partition coefficient (Wildman–Crippen LogP) is 1.61. The fraction of sp³-hybridized carbons (Fsp3) is 0.562. The first kappa shape index (κ1) is 18.7. The van der Waals surface area contributed by atoms with E-state index < -0.39 is 10.0 Å². The molecule has 0 radical (unpaired) electrons. The smallest absolute Gasteiger partial charge is 0.210 e. The van der Waals surface area contributed by atoms with E-state index in [1.807, 2.05) is 25.1 Å². The number of hydrogen-bond acceptors (Lipinski definition) is 6. The van der Waals surface area contributed by atoms with Crippen LogP contribution in [0.3, 0.4) is 0 Å². The average Bonchev–Trinajstić information content (AvgIpc) is 2.50. The van der Waals surface area contributed by atoms with Crippen molar-refractivity contribution in [3.63, 3.8) is 0 Å². The number of nitrogens with two attached hydrogens (primary N) is 1. The van der Waals surface area contributed by atoms with Crippen molar-refractivity contribution in [3.05, 3.63) is 23.8 Å². The molecular weight excluding hydrogens is 328 g/mol. The van der Waals surface area contributed by atoms with Crippen LogP contribution in [-0.2, 0) is 16.6 Å². The van der Waals surface area contributed by atoms with Gasteiger partial charge in [0, 0.05) is 6.54 Å². The van der Waals surface area contributed by atoms with Crippen LogP contribution < -0.4 is 20.5 Å². The molecule has 1 aromatic rings. The summed E-state index contributed by atoms with van der Waals surface area (Å²) < 4.78 is 31.3. The van der Waals surface area contributed by atoms with Crippen molar-refractivity contribution in [1.82, 2.24) is 10.0 Å². The van der Waals surface area contributed by atoms with Crippen LogP contribution in [0.1, 0.15) is 38.7 Å². The number of fused-ring (bicyclic) bond motifs is 1. The SMILES string of the molecule is CCCCC(NCc1ccc2c(c1)N=C(N)C(C)O2)NS(C)(=O)=O. The number of unbranched alkanes of at least 4 members (excludes halogenated alkanes) is 1. The maximum Gasteiger partial charge on any atom is 0.210 e. The molecule has 0 saturated heterocycles. The molecule has 1 aromatic carbocycles. The molecule has 2 rings (SSSR count). The Kier molecular flexibility index (Phi) is 6.20. The third kappa shape index (κ3) is 5.47. The Morgan fingerprint density at radius 1 is 1.42 bits per heavy atom. The first-order valence-electron chi connectivity index (χ1n) is 8.13. The molecule has 0 aromatic heterocycles. The first-order chi connectivity index (χ1) is 11.3. The molecule has 24 heavy (non-hydrogen) atoms. The van der Waals surface area contributed by atoms with Gasteiger partial charge in [-0.25, -0.2) is 13.4 Å². The van der Waals surface area contributed by atoms with Crippen LogP contribution in [0.25, 0.3) is 0 Å². The van der Waals surface area contributed by atoms with Crippen LogP contribution in [0.5, 0.6) is 5.75 Å². The molecule has 0 spiro atoms. The lowest BCUT2D eigenvalue weighted by Crippen LogP contribution is -2.44. The topological polar surface area (TPSA) is 106 Å². The molecule has 134 valence electrons. The molecule has 0 bridgehead atoms. The van der Waals surface area contributed by atoms with E-state index in [-0.39, 0.29) is 12.3 Å². The standard InChI is InChI=1S/C16H26N4O3S/c1-4-5-6-15(20-24(3,21)22)18-10-12-7-8-14-13(9-12)19-16(17)11(2)23-14/h7-9,11,15,18,20H,4-6,10H2,1-3H3,(H2,17,19). The molecule has 1 aliphatic heterocycles. The average molecular weight is 354 g/mol. The highest BCUT2D eigenvalue weighted by Crippen LogP contribution is 2.32. The second kappa shape index (κ2) is 7.96. The van der Waals surface area contributed by atoms with Crippen molar-refractivity contribution >= 4 is 21.5 Å². The Morgan fingerprint density at radius 3 is 2.83 bits per heavy atom. The summed E-state index contributed by atoms with van der Waals surface area (Å²) in [6.45, 7) is 4.45. The normalized spacial score (nSPS) is 18.5. The summed E-state index contributed by atoms with van der Waals surface area (Å²) in [6.07, 6.45) is 3.34. The lowest BCUT2D eigenvalue weighted by atomic mass is 10.1. The minimum Gasteiger partial charge on any atom is -0.481 e. The van der Waals surface area contributed by atoms with E-state index in [0.29, 0.717) is 23.8 Å². The third-order valence-corrected chi connectivity index (χ3v) is 4.46. The largest absolute Gasteiger partial charge is 0.481 e. The van der Waals surface area contributed by atoms with E-state index in [0.717, 1.165) is 24.8 Å². The fourth-order valence-electron chi connectivity index (χ4n) is 2.45. The zero-order valence-corrected chi connectivity index (χ0v) is 15.2. The quantitative estimate of drug-likeness (QED) is 0.615. The summed E-state index contributed by atoms with van der Waals surface area (Å²) in [5.41, 5.74) is 7.51. The van der Waals surface area contributed by atoms with Crippen LogP contribution in [0, 0.1) is 0 Å². The summed E-state index contributed by atoms with van der Waals surface area (Å²) in [4.78, 5) is 4.35. The summed E-state index contributed by atoms with van der Waals surface area (Å²) in [5.74, 6) is 1.16. The highest BCUT2D eigenvalue weighted by molar-refractivity contribution is 7.88. The Labute approximate surface area is 143 Å². The van der Waals surface area contributed by atoms with Crippen molar-refractivity contribution in [2.45, 2.75) is 51.9 Å². The monoisotopic (exact) mass is 354 g/mol. The number of ether oxygens (including phenoxy) is 1. The van der Waals surface area contributed by atoms with Crippen molar-refractivity contribution in [2.24, 2.45) is 10.7 Å². The van der Waals surface area contributed by atoms with E-state index in [1.165, 1.54) is 6.26 Å². The molecule has 1 aliphatic rings. The summed E-state index contributed by atoms with van der Waals surface area (Å²) in [7, 11) is -3.26. The maximum atomic E-state index is 11.5. The molecule has 2 atom stereocenters. The zero-order chi connectivity index (χ0) is 17.7. The van der Waals surface area contributed by atoms with E-state index in [1.54, 1.807) is 0 Å². The molecule has 0 aliphatic carbocycles. The molecule has 4 N–H and O–H groups in total. The van der Waals surface area contributed by atoms with Crippen LogP contribution in [0.4, 0.5) is 5.69 Å². The number of sulfonamides is 1. The van der Waals surface area contributed by atoms with Gasteiger partial charge in [0.1, 0.15) is 17.3 Å². The van der Waals surface area contributed by atoms with Crippen LogP contribution in [-0.4, -0.2) is 32.8 Å². The second-order valence-corrected chi connectivity index (χ2v) is 7.84. The highest BCUT2D eigenvalue weighted by atomic mass is 32.2. The molecule has 2 unspecified atom stereocenters. The van der Waals surface area contributed by atoms with Gasteiger partial charge < -0.3 is 10.5 Å². The van der Waals surface area contributed by atoms with Gasteiger partial charge in [0.25, 0.3) is 0 Å². The lowest BCUT2D eigenvalue weighted by Gasteiger charge is -2.22. The molecule has 7 nitrogen and oxygen atoms in total. The molecule has 0 saturated carbocycles. The fourth-order valence-corrected chi connectivity index (χ4v) is 3.17. The van der Waals surface area contributed by atoms with Gasteiger partial charge in [0.2, 0.25) is 10.0 Å². The molecular formula is C16H26N4O3S. The van der Waals surface area contributed by atoms with E-state index in [9.17, 15) is 8.42 Å². The summed E-state index contributed by atoms with van der Waals surface area (Å²) in [6, 6.07) is 5.70. The Morgan fingerprint density at radius 2 is 2.17 bits per heavy atom. The molecule has 1 heterocycles. The minimum atomic E-state index is -3.26. The van der Waals surface area contributed by atoms with E-state index >= 15 is 0 Å². The highest BCUT2D eigenvalue weighted by Gasteiger charge is 2.18. The van der Waals surface area contributed by atoms with Gasteiger partial charge >= 0.3 is 0 Å². The number of amidine groups is 1. The van der Waals surface area contributed by atoms with Gasteiger partial charge in [-0.2, -0.15) is 4.72 Å². The minimum absolute atomic E-state index is 0.223. The summed E-state index contributed by atoms with van der Waals surface area (Å²) >= 11 is 0. The van der Waals surface area contributed by atoms with Crippen molar-refractivity contribution in [3.8, 4) is 5.75 Å². The number of nitrogens with one attached hydrogen (secondary N) is 2. The number of hydrogen-bond donors (Lipinski definition) is 3. The summed E-state index contributed by atoms with van der Waals surface area (Å²) in [5, 5.41) is 3.24. The van der Waals surface area contributed by atoms with Gasteiger partial charge in [0.05, 0.1) is 12.4 Å². The van der Waals surface area contributed by atoms with Crippen LogP contribution >= 0.6 is 0 Å². The Bertz CT molecular complexity index is 703. The number of nitrogens with zero attached hydrogens (tertiary/aromatic N) is 1. The van der Waals surface area contributed by atoms with Crippen molar-refractivity contribution in [2.75, 3.05) is 6.26 Å². The third-order valence-electron chi connectivity index (χ3n) is 3.75. The van der Waals surface area contributed by atoms with Gasteiger partial charge in [-0.05, 0) is 31.0 Å². The molecule has 0 amide bonds. The van der Waals surface area contributed by atoms with E-state index in [4.69, 9.17) is 10.5 Å². The Hall–Kier alpha value is -1.64.